The molecular weight excluding hydrogens is 478 g/mol. The number of rotatable bonds is 4. The van der Waals surface area contributed by atoms with Crippen LogP contribution >= 0.6 is 0 Å². The standard InChI is InChI=1S/C21H19F4N5O3S/c22-16-7-12-6-15(20(31)28-13-8-14(11-27-10-13)34(26,32)33)19(29-18(12)9-17(16)23)30-4-1-2-21(24,25)3-5-30/h6-11H,1-5H2,(H,28,31)(H2,26,32,33). The van der Waals surface area contributed by atoms with Crippen molar-refractivity contribution in [3.8, 4) is 0 Å². The number of aromatic nitrogens is 2. The number of nitrogens with zero attached hydrogens (tertiary/aromatic N) is 3. The molecule has 4 rings (SSSR count). The summed E-state index contributed by atoms with van der Waals surface area (Å²) in [4.78, 5) is 22.3. The second-order valence-electron chi connectivity index (χ2n) is 7.92. The molecule has 0 atom stereocenters. The van der Waals surface area contributed by atoms with Gasteiger partial charge in [0.05, 0.1) is 23.0 Å². The van der Waals surface area contributed by atoms with Gasteiger partial charge in [-0.05, 0) is 24.6 Å². The van der Waals surface area contributed by atoms with Gasteiger partial charge >= 0.3 is 0 Å². The molecule has 3 N–H and O–H groups in total. The number of nitrogens with one attached hydrogen (secondary N) is 1. The van der Waals surface area contributed by atoms with Crippen molar-refractivity contribution < 1.29 is 30.8 Å². The second-order valence-corrected chi connectivity index (χ2v) is 9.48. The normalized spacial score (nSPS) is 16.3. The molecule has 1 aliphatic rings. The van der Waals surface area contributed by atoms with Gasteiger partial charge in [0.15, 0.2) is 11.6 Å². The Morgan fingerprint density at radius 2 is 1.79 bits per heavy atom. The van der Waals surface area contributed by atoms with Crippen molar-refractivity contribution in [1.29, 1.82) is 0 Å². The molecule has 1 amide bonds. The van der Waals surface area contributed by atoms with Gasteiger partial charge in [0.1, 0.15) is 10.7 Å². The molecule has 1 aliphatic heterocycles. The van der Waals surface area contributed by atoms with Crippen LogP contribution in [0.25, 0.3) is 10.9 Å². The zero-order chi connectivity index (χ0) is 24.7. The largest absolute Gasteiger partial charge is 0.356 e. The topological polar surface area (TPSA) is 118 Å². The fraction of sp³-hybridized carbons (Fsp3) is 0.286. The summed E-state index contributed by atoms with van der Waals surface area (Å²) in [6.45, 7) is 0.0540. The molecule has 1 saturated heterocycles. The molecule has 0 radical (unpaired) electrons. The van der Waals surface area contributed by atoms with E-state index in [0.29, 0.717) is 0 Å². The Kier molecular flexibility index (Phi) is 6.16. The van der Waals surface area contributed by atoms with Crippen LogP contribution in [0.5, 0.6) is 0 Å². The minimum atomic E-state index is -4.09. The number of anilines is 2. The number of carbonyl (C=O) groups excluding carboxylic acids is 1. The number of hydrogen-bond donors (Lipinski definition) is 2. The highest BCUT2D eigenvalue weighted by Gasteiger charge is 2.33. The molecule has 0 spiro atoms. The molecule has 0 unspecified atom stereocenters. The van der Waals surface area contributed by atoms with E-state index in [0.717, 1.165) is 24.4 Å². The van der Waals surface area contributed by atoms with E-state index in [1.807, 2.05) is 0 Å². The summed E-state index contributed by atoms with van der Waals surface area (Å²) < 4.78 is 78.5. The van der Waals surface area contributed by atoms with Gasteiger partial charge in [-0.15, -0.1) is 0 Å². The number of fused-ring (bicyclic) bond motifs is 1. The summed E-state index contributed by atoms with van der Waals surface area (Å²) in [6.07, 6.45) is 1.52. The number of sulfonamides is 1. The van der Waals surface area contributed by atoms with Crippen LogP contribution in [-0.4, -0.2) is 43.3 Å². The average Bonchev–Trinajstić information content (AvgIpc) is 2.94. The molecule has 180 valence electrons. The number of primary sulfonamides is 1. The lowest BCUT2D eigenvalue weighted by atomic mass is 10.1. The van der Waals surface area contributed by atoms with Gasteiger partial charge in [-0.25, -0.2) is 36.1 Å². The Balaban J connectivity index is 1.77. The molecule has 0 bridgehead atoms. The first kappa shape index (κ1) is 23.8. The number of halogens is 4. The maximum atomic E-state index is 13.9. The summed E-state index contributed by atoms with van der Waals surface area (Å²) >= 11 is 0. The van der Waals surface area contributed by atoms with E-state index in [1.165, 1.54) is 17.2 Å². The van der Waals surface area contributed by atoms with Crippen LogP contribution in [0, 0.1) is 11.6 Å². The Hall–Kier alpha value is -3.32. The van der Waals surface area contributed by atoms with Crippen molar-refractivity contribution >= 4 is 38.3 Å². The zero-order valence-corrected chi connectivity index (χ0v) is 18.4. The Morgan fingerprint density at radius 3 is 2.53 bits per heavy atom. The van der Waals surface area contributed by atoms with Crippen LogP contribution in [0.15, 0.2) is 41.6 Å². The van der Waals surface area contributed by atoms with E-state index < -0.39 is 39.9 Å². The number of nitrogens with two attached hydrogens (primary N) is 1. The smallest absolute Gasteiger partial charge is 0.259 e. The molecule has 34 heavy (non-hydrogen) atoms. The average molecular weight is 497 g/mol. The van der Waals surface area contributed by atoms with Gasteiger partial charge in [-0.3, -0.25) is 9.78 Å². The SMILES string of the molecule is NS(=O)(=O)c1cncc(NC(=O)c2cc3cc(F)c(F)cc3nc2N2CCCC(F)(F)CC2)c1. The third-order valence-corrected chi connectivity index (χ3v) is 6.28. The minimum Gasteiger partial charge on any atom is -0.356 e. The minimum absolute atomic E-state index is 0.00439. The van der Waals surface area contributed by atoms with Gasteiger partial charge < -0.3 is 10.2 Å². The molecule has 1 aromatic carbocycles. The predicted molar refractivity (Wildman–Crippen MR) is 116 cm³/mol. The maximum absolute atomic E-state index is 13.9. The van der Waals surface area contributed by atoms with E-state index in [4.69, 9.17) is 5.14 Å². The monoisotopic (exact) mass is 497 g/mol. The van der Waals surface area contributed by atoms with Crippen molar-refractivity contribution in [3.63, 3.8) is 0 Å². The predicted octanol–water partition coefficient (Wildman–Crippen LogP) is 3.43. The van der Waals surface area contributed by atoms with Crippen LogP contribution < -0.4 is 15.4 Å². The maximum Gasteiger partial charge on any atom is 0.259 e. The Bertz CT molecular complexity index is 1380. The molecule has 1 fully saturated rings. The number of alkyl halides is 2. The molecule has 2 aromatic heterocycles. The summed E-state index contributed by atoms with van der Waals surface area (Å²) in [5.74, 6) is -5.92. The molecule has 0 aliphatic carbocycles. The number of amides is 1. The van der Waals surface area contributed by atoms with Crippen molar-refractivity contribution in [2.75, 3.05) is 23.3 Å². The fourth-order valence-electron chi connectivity index (χ4n) is 3.68. The van der Waals surface area contributed by atoms with Crippen molar-refractivity contribution in [2.45, 2.75) is 30.1 Å². The Labute approximate surface area is 191 Å². The van der Waals surface area contributed by atoms with E-state index in [-0.39, 0.29) is 58.8 Å². The van der Waals surface area contributed by atoms with E-state index in [1.54, 1.807) is 0 Å². The number of benzene rings is 1. The van der Waals surface area contributed by atoms with Crippen LogP contribution in [0.1, 0.15) is 29.6 Å². The van der Waals surface area contributed by atoms with Gasteiger partial charge in [0.2, 0.25) is 15.9 Å². The summed E-state index contributed by atoms with van der Waals surface area (Å²) in [7, 11) is -4.09. The number of carbonyl (C=O) groups is 1. The van der Waals surface area contributed by atoms with Crippen molar-refractivity contribution in [3.05, 3.63) is 53.9 Å². The molecule has 13 heteroatoms. The van der Waals surface area contributed by atoms with Gasteiger partial charge in [-0.1, -0.05) is 0 Å². The van der Waals surface area contributed by atoms with E-state index in [9.17, 15) is 30.8 Å². The quantitative estimate of drug-likeness (QED) is 0.534. The fourth-order valence-corrected chi connectivity index (χ4v) is 4.18. The summed E-state index contributed by atoms with van der Waals surface area (Å²) in [6, 6.07) is 4.10. The van der Waals surface area contributed by atoms with Crippen LogP contribution in [0.2, 0.25) is 0 Å². The van der Waals surface area contributed by atoms with Crippen LogP contribution in [0.4, 0.5) is 29.1 Å². The first-order chi connectivity index (χ1) is 15.9. The third-order valence-electron chi connectivity index (χ3n) is 5.40. The highest BCUT2D eigenvalue weighted by Crippen LogP contribution is 2.32. The summed E-state index contributed by atoms with van der Waals surface area (Å²) in [5, 5.41) is 7.67. The van der Waals surface area contributed by atoms with Crippen LogP contribution in [0.3, 0.4) is 0 Å². The third kappa shape index (κ3) is 5.09. The zero-order valence-electron chi connectivity index (χ0n) is 17.6. The second kappa shape index (κ2) is 8.80. The van der Waals surface area contributed by atoms with Crippen molar-refractivity contribution in [2.24, 2.45) is 5.14 Å². The van der Waals surface area contributed by atoms with Gasteiger partial charge in [0.25, 0.3) is 5.91 Å². The number of hydrogen-bond acceptors (Lipinski definition) is 6. The van der Waals surface area contributed by atoms with Gasteiger partial charge in [0, 0.05) is 43.6 Å². The molecule has 3 aromatic rings. The first-order valence-electron chi connectivity index (χ1n) is 10.1. The molecular formula is C21H19F4N5O3S. The lowest BCUT2D eigenvalue weighted by Crippen LogP contribution is -2.29. The number of pyridine rings is 2. The van der Waals surface area contributed by atoms with E-state index in [2.05, 4.69) is 15.3 Å². The lowest BCUT2D eigenvalue weighted by molar-refractivity contribution is -0.0102. The first-order valence-corrected chi connectivity index (χ1v) is 11.7. The highest BCUT2D eigenvalue weighted by atomic mass is 32.2. The van der Waals surface area contributed by atoms with Crippen LogP contribution in [-0.2, 0) is 10.0 Å². The van der Waals surface area contributed by atoms with Crippen molar-refractivity contribution in [1.82, 2.24) is 9.97 Å². The highest BCUT2D eigenvalue weighted by molar-refractivity contribution is 7.89. The van der Waals surface area contributed by atoms with E-state index >= 15 is 0 Å². The molecule has 3 heterocycles. The lowest BCUT2D eigenvalue weighted by Gasteiger charge is -2.24. The Morgan fingerprint density at radius 1 is 1.06 bits per heavy atom. The molecule has 8 nitrogen and oxygen atoms in total. The molecule has 0 saturated carbocycles. The van der Waals surface area contributed by atoms with Gasteiger partial charge in [-0.2, -0.15) is 0 Å². The summed E-state index contributed by atoms with van der Waals surface area (Å²) in [5.41, 5.74) is -0.0562.